The lowest BCUT2D eigenvalue weighted by Gasteiger charge is -2.13. The van der Waals surface area contributed by atoms with Gasteiger partial charge in [-0.3, -0.25) is 0 Å². The van der Waals surface area contributed by atoms with Gasteiger partial charge in [0.05, 0.1) is 5.69 Å². The zero-order chi connectivity index (χ0) is 11.5. The first-order valence-corrected chi connectivity index (χ1v) is 5.30. The van der Waals surface area contributed by atoms with E-state index in [1.807, 2.05) is 0 Å². The summed E-state index contributed by atoms with van der Waals surface area (Å²) >= 11 is 0.962. The summed E-state index contributed by atoms with van der Waals surface area (Å²) in [6, 6.07) is 1.65. The second-order valence-corrected chi connectivity index (χ2v) is 4.03. The minimum absolute atomic E-state index is 0.296. The van der Waals surface area contributed by atoms with Crippen LogP contribution in [-0.4, -0.2) is 28.3 Å². The number of thioether (sulfide) groups is 1. The van der Waals surface area contributed by atoms with Gasteiger partial charge in [0.25, 0.3) is 0 Å². The predicted octanol–water partition coefficient (Wildman–Crippen LogP) is 2.14. The van der Waals surface area contributed by atoms with Crippen LogP contribution in [0.3, 0.4) is 0 Å². The lowest BCUT2D eigenvalue weighted by Crippen LogP contribution is -2.30. The van der Waals surface area contributed by atoms with Gasteiger partial charge < -0.3 is 9.63 Å². The minimum atomic E-state index is -4.55. The number of nitrogens with zero attached hydrogens (tertiary/aromatic N) is 1. The molecule has 0 aliphatic carbocycles. The second kappa shape index (κ2) is 4.89. The molecule has 1 rings (SSSR count). The molecule has 0 spiro atoms. The number of halogens is 3. The van der Waals surface area contributed by atoms with Crippen LogP contribution >= 0.6 is 11.8 Å². The Labute approximate surface area is 88.6 Å². The Bertz CT molecular complexity index is 313. The van der Waals surface area contributed by atoms with Gasteiger partial charge >= 0.3 is 6.18 Å². The third-order valence-electron chi connectivity index (χ3n) is 1.58. The van der Waals surface area contributed by atoms with E-state index in [2.05, 4.69) is 5.16 Å². The summed E-state index contributed by atoms with van der Waals surface area (Å²) in [7, 11) is 0. The zero-order valence-corrected chi connectivity index (χ0v) is 8.73. The largest absolute Gasteiger partial charge is 0.415 e. The molecule has 1 N–H and O–H groups in total. The number of aliphatic hydroxyl groups is 1. The van der Waals surface area contributed by atoms with Gasteiger partial charge in [0.1, 0.15) is 5.76 Å². The van der Waals surface area contributed by atoms with Crippen LogP contribution in [0.2, 0.25) is 0 Å². The van der Waals surface area contributed by atoms with Gasteiger partial charge in [-0.15, -0.1) is 0 Å². The van der Waals surface area contributed by atoms with Crippen molar-refractivity contribution in [2.24, 2.45) is 0 Å². The number of hydrogen-bond acceptors (Lipinski definition) is 4. The molecule has 0 fully saturated rings. The van der Waals surface area contributed by atoms with E-state index in [0.717, 1.165) is 11.8 Å². The van der Waals surface area contributed by atoms with Gasteiger partial charge in [-0.1, -0.05) is 5.16 Å². The van der Waals surface area contributed by atoms with E-state index >= 15 is 0 Å². The van der Waals surface area contributed by atoms with Crippen LogP contribution in [0.4, 0.5) is 13.2 Å². The van der Waals surface area contributed by atoms with Crippen molar-refractivity contribution >= 4 is 11.8 Å². The SMILES string of the molecule is Cc1cc(CSC[C@@H](O)C(F)(F)F)no1. The highest BCUT2D eigenvalue weighted by molar-refractivity contribution is 7.98. The average Bonchev–Trinajstić information content (AvgIpc) is 2.49. The number of aromatic nitrogens is 1. The molecule has 1 atom stereocenters. The molecule has 86 valence electrons. The molecule has 0 saturated carbocycles. The van der Waals surface area contributed by atoms with Gasteiger partial charge in [0.2, 0.25) is 0 Å². The van der Waals surface area contributed by atoms with E-state index < -0.39 is 18.0 Å². The molecule has 7 heteroatoms. The summed E-state index contributed by atoms with van der Waals surface area (Å²) in [5, 5.41) is 12.3. The highest BCUT2D eigenvalue weighted by Crippen LogP contribution is 2.24. The molecule has 0 saturated heterocycles. The van der Waals surface area contributed by atoms with Gasteiger partial charge in [-0.05, 0) is 6.92 Å². The number of hydrogen-bond donors (Lipinski definition) is 1. The van der Waals surface area contributed by atoms with Crippen molar-refractivity contribution in [2.75, 3.05) is 5.75 Å². The lowest BCUT2D eigenvalue weighted by atomic mass is 10.4. The maximum Gasteiger partial charge on any atom is 0.415 e. The van der Waals surface area contributed by atoms with E-state index in [-0.39, 0.29) is 0 Å². The Morgan fingerprint density at radius 1 is 1.60 bits per heavy atom. The Kier molecular flexibility index (Phi) is 4.04. The number of aryl methyl sites for hydroxylation is 1. The highest BCUT2D eigenvalue weighted by atomic mass is 32.2. The molecule has 0 aliphatic rings. The van der Waals surface area contributed by atoms with Gasteiger partial charge in [0.15, 0.2) is 6.10 Å². The van der Waals surface area contributed by atoms with Crippen molar-refractivity contribution in [1.29, 1.82) is 0 Å². The van der Waals surface area contributed by atoms with Crippen LogP contribution in [0, 0.1) is 6.92 Å². The third-order valence-corrected chi connectivity index (χ3v) is 2.63. The van der Waals surface area contributed by atoms with Crippen LogP contribution < -0.4 is 0 Å². The van der Waals surface area contributed by atoms with Crippen molar-refractivity contribution in [1.82, 2.24) is 5.16 Å². The van der Waals surface area contributed by atoms with Crippen molar-refractivity contribution in [2.45, 2.75) is 25.0 Å². The van der Waals surface area contributed by atoms with E-state index in [0.29, 0.717) is 17.2 Å². The molecule has 0 aliphatic heterocycles. The Morgan fingerprint density at radius 2 is 2.27 bits per heavy atom. The summed E-state index contributed by atoms with van der Waals surface area (Å²) in [5.74, 6) is 0.516. The fraction of sp³-hybridized carbons (Fsp3) is 0.625. The van der Waals surface area contributed by atoms with Crippen molar-refractivity contribution < 1.29 is 22.8 Å². The summed E-state index contributed by atoms with van der Waals surface area (Å²) in [5.41, 5.74) is 0.576. The molecule has 0 unspecified atom stereocenters. The van der Waals surface area contributed by atoms with Crippen LogP contribution in [0.15, 0.2) is 10.6 Å². The lowest BCUT2D eigenvalue weighted by molar-refractivity contribution is -0.195. The van der Waals surface area contributed by atoms with Crippen LogP contribution in [0.5, 0.6) is 0 Å². The maximum atomic E-state index is 11.9. The first-order chi connectivity index (χ1) is 6.89. The smallest absolute Gasteiger partial charge is 0.383 e. The van der Waals surface area contributed by atoms with Crippen molar-refractivity contribution in [3.63, 3.8) is 0 Å². The van der Waals surface area contributed by atoms with Crippen molar-refractivity contribution in [3.05, 3.63) is 17.5 Å². The van der Waals surface area contributed by atoms with Crippen LogP contribution in [-0.2, 0) is 5.75 Å². The third kappa shape index (κ3) is 4.13. The molecule has 0 radical (unpaired) electrons. The molecular formula is C8H10F3NO2S. The Balaban J connectivity index is 2.28. The molecule has 0 aromatic carbocycles. The second-order valence-electron chi connectivity index (χ2n) is 3.00. The van der Waals surface area contributed by atoms with Gasteiger partial charge in [-0.25, -0.2) is 0 Å². The summed E-state index contributed by atoms with van der Waals surface area (Å²) in [4.78, 5) is 0. The number of alkyl halides is 3. The van der Waals surface area contributed by atoms with Crippen LogP contribution in [0.1, 0.15) is 11.5 Å². The monoisotopic (exact) mass is 241 g/mol. The summed E-state index contributed by atoms with van der Waals surface area (Å²) in [6.07, 6.45) is -6.83. The molecule has 0 amide bonds. The Hall–Kier alpha value is -0.690. The first kappa shape index (κ1) is 12.4. The predicted molar refractivity (Wildman–Crippen MR) is 49.5 cm³/mol. The van der Waals surface area contributed by atoms with Crippen molar-refractivity contribution in [3.8, 4) is 0 Å². The van der Waals surface area contributed by atoms with Gasteiger partial charge in [-0.2, -0.15) is 24.9 Å². The normalized spacial score (nSPS) is 14.2. The van der Waals surface area contributed by atoms with E-state index in [1.54, 1.807) is 13.0 Å². The topological polar surface area (TPSA) is 46.3 Å². The van der Waals surface area contributed by atoms with E-state index in [9.17, 15) is 13.2 Å². The fourth-order valence-electron chi connectivity index (χ4n) is 0.856. The molecule has 3 nitrogen and oxygen atoms in total. The van der Waals surface area contributed by atoms with Crippen LogP contribution in [0.25, 0.3) is 0 Å². The standard InChI is InChI=1S/C8H10F3NO2S/c1-5-2-6(12-14-5)3-15-4-7(13)8(9,10)11/h2,7,13H,3-4H2,1H3/t7-/m1/s1. The average molecular weight is 241 g/mol. The summed E-state index contributed by atoms with van der Waals surface area (Å²) < 4.78 is 40.4. The number of aliphatic hydroxyl groups excluding tert-OH is 1. The molecule has 15 heavy (non-hydrogen) atoms. The number of rotatable bonds is 4. The zero-order valence-electron chi connectivity index (χ0n) is 7.91. The van der Waals surface area contributed by atoms with E-state index in [4.69, 9.17) is 9.63 Å². The molecule has 1 heterocycles. The molecule has 1 aromatic rings. The van der Waals surface area contributed by atoms with Gasteiger partial charge in [0, 0.05) is 17.6 Å². The summed E-state index contributed by atoms with van der Waals surface area (Å²) in [6.45, 7) is 1.70. The fourth-order valence-corrected chi connectivity index (χ4v) is 1.73. The minimum Gasteiger partial charge on any atom is -0.383 e. The highest BCUT2D eigenvalue weighted by Gasteiger charge is 2.37. The Morgan fingerprint density at radius 3 is 2.73 bits per heavy atom. The molecule has 0 bridgehead atoms. The first-order valence-electron chi connectivity index (χ1n) is 4.14. The van der Waals surface area contributed by atoms with E-state index in [1.165, 1.54) is 0 Å². The quantitative estimate of drug-likeness (QED) is 0.877. The maximum absolute atomic E-state index is 11.9. The molecular weight excluding hydrogens is 231 g/mol. The molecule has 1 aromatic heterocycles.